The highest BCUT2D eigenvalue weighted by Crippen LogP contribution is 2.28. The third-order valence-electron chi connectivity index (χ3n) is 4.35. The zero-order valence-corrected chi connectivity index (χ0v) is 13.6. The fourth-order valence-electron chi connectivity index (χ4n) is 2.98. The van der Waals surface area contributed by atoms with E-state index in [4.69, 9.17) is 4.52 Å². The van der Waals surface area contributed by atoms with Crippen molar-refractivity contribution in [2.24, 2.45) is 0 Å². The number of piperidine rings is 1. The summed E-state index contributed by atoms with van der Waals surface area (Å²) in [6.07, 6.45) is 4.93. The molecule has 0 radical (unpaired) electrons. The number of likely N-dealkylation sites (tertiary alicyclic amines) is 1. The number of pyridine rings is 2. The van der Waals surface area contributed by atoms with Gasteiger partial charge in [0.1, 0.15) is 11.4 Å². The minimum absolute atomic E-state index is 0.0289. The van der Waals surface area contributed by atoms with E-state index in [9.17, 15) is 4.79 Å². The Morgan fingerprint density at radius 3 is 2.48 bits per heavy atom. The van der Waals surface area contributed by atoms with Gasteiger partial charge in [0.2, 0.25) is 11.7 Å². The van der Waals surface area contributed by atoms with E-state index >= 15 is 0 Å². The van der Waals surface area contributed by atoms with Gasteiger partial charge in [0.05, 0.1) is 0 Å². The van der Waals surface area contributed by atoms with E-state index in [1.54, 1.807) is 24.5 Å². The van der Waals surface area contributed by atoms with Crippen LogP contribution in [0.2, 0.25) is 0 Å². The number of nitrogens with zero attached hydrogens (tertiary/aromatic N) is 5. The lowest BCUT2D eigenvalue weighted by Gasteiger charge is -2.30. The quantitative estimate of drug-likeness (QED) is 0.731. The molecule has 7 heteroatoms. The standard InChI is InChI=1S/C18H17N5O2/c24-18(15-6-2-4-10-20-15)23-11-7-13(8-12-23)17-21-16(22-25-17)14-5-1-3-9-19-14/h1-6,9-10,13H,7-8,11-12H2. The van der Waals surface area contributed by atoms with E-state index in [0.29, 0.717) is 36.2 Å². The van der Waals surface area contributed by atoms with Crippen molar-refractivity contribution < 1.29 is 9.32 Å². The van der Waals surface area contributed by atoms with Crippen LogP contribution >= 0.6 is 0 Å². The van der Waals surface area contributed by atoms with Gasteiger partial charge in [-0.3, -0.25) is 14.8 Å². The summed E-state index contributed by atoms with van der Waals surface area (Å²) in [4.78, 5) is 27.1. The molecule has 1 aliphatic rings. The summed E-state index contributed by atoms with van der Waals surface area (Å²) in [6.45, 7) is 1.31. The van der Waals surface area contributed by atoms with Crippen molar-refractivity contribution in [1.29, 1.82) is 0 Å². The molecule has 25 heavy (non-hydrogen) atoms. The number of rotatable bonds is 3. The smallest absolute Gasteiger partial charge is 0.272 e. The summed E-state index contributed by atoms with van der Waals surface area (Å²) < 4.78 is 5.42. The molecular formula is C18H17N5O2. The molecule has 3 aromatic heterocycles. The van der Waals surface area contributed by atoms with Crippen LogP contribution in [0.15, 0.2) is 53.3 Å². The van der Waals surface area contributed by atoms with Crippen molar-refractivity contribution in [1.82, 2.24) is 25.0 Å². The number of aromatic nitrogens is 4. The molecule has 3 aromatic rings. The maximum atomic E-state index is 12.4. The summed E-state index contributed by atoms with van der Waals surface area (Å²) in [6, 6.07) is 11.0. The summed E-state index contributed by atoms with van der Waals surface area (Å²) in [5.74, 6) is 1.25. The Morgan fingerprint density at radius 2 is 1.80 bits per heavy atom. The molecule has 0 unspecified atom stereocenters. The second-order valence-electron chi connectivity index (χ2n) is 5.95. The minimum Gasteiger partial charge on any atom is -0.339 e. The van der Waals surface area contributed by atoms with Gasteiger partial charge in [-0.25, -0.2) is 0 Å². The highest BCUT2D eigenvalue weighted by atomic mass is 16.5. The monoisotopic (exact) mass is 335 g/mol. The molecule has 1 amide bonds. The Morgan fingerprint density at radius 1 is 1.04 bits per heavy atom. The molecule has 4 rings (SSSR count). The number of hydrogen-bond acceptors (Lipinski definition) is 6. The number of carbonyl (C=O) groups excluding carboxylic acids is 1. The Labute approximate surface area is 144 Å². The van der Waals surface area contributed by atoms with Gasteiger partial charge in [-0.2, -0.15) is 4.98 Å². The van der Waals surface area contributed by atoms with Crippen LogP contribution < -0.4 is 0 Å². The molecule has 126 valence electrons. The van der Waals surface area contributed by atoms with Crippen LogP contribution in [0, 0.1) is 0 Å². The van der Waals surface area contributed by atoms with Crippen molar-refractivity contribution >= 4 is 5.91 Å². The summed E-state index contributed by atoms with van der Waals surface area (Å²) in [5, 5.41) is 4.02. The van der Waals surface area contributed by atoms with Gasteiger partial charge in [0.25, 0.3) is 5.91 Å². The zero-order valence-electron chi connectivity index (χ0n) is 13.6. The maximum absolute atomic E-state index is 12.4. The predicted molar refractivity (Wildman–Crippen MR) is 89.6 cm³/mol. The average Bonchev–Trinajstić information content (AvgIpc) is 3.19. The van der Waals surface area contributed by atoms with Crippen molar-refractivity contribution in [3.8, 4) is 11.5 Å². The second-order valence-corrected chi connectivity index (χ2v) is 5.95. The van der Waals surface area contributed by atoms with E-state index in [0.717, 1.165) is 12.8 Å². The molecule has 0 bridgehead atoms. The van der Waals surface area contributed by atoms with Gasteiger partial charge in [-0.15, -0.1) is 0 Å². The first-order chi connectivity index (χ1) is 12.3. The third kappa shape index (κ3) is 3.26. The topological polar surface area (TPSA) is 85.0 Å². The van der Waals surface area contributed by atoms with E-state index in [2.05, 4.69) is 20.1 Å². The molecule has 0 aliphatic carbocycles. The minimum atomic E-state index is -0.0289. The fraction of sp³-hybridized carbons (Fsp3) is 0.278. The molecule has 0 saturated carbocycles. The van der Waals surface area contributed by atoms with Crippen LogP contribution in [0.25, 0.3) is 11.5 Å². The van der Waals surface area contributed by atoms with Gasteiger partial charge in [-0.1, -0.05) is 17.3 Å². The van der Waals surface area contributed by atoms with E-state index in [-0.39, 0.29) is 11.8 Å². The first-order valence-electron chi connectivity index (χ1n) is 8.26. The zero-order chi connectivity index (χ0) is 17.1. The SMILES string of the molecule is O=C(c1ccccn1)N1CCC(c2nc(-c3ccccn3)no2)CC1. The molecule has 1 fully saturated rings. The van der Waals surface area contributed by atoms with Crippen LogP contribution in [0.3, 0.4) is 0 Å². The van der Waals surface area contributed by atoms with Crippen molar-refractivity contribution in [2.75, 3.05) is 13.1 Å². The van der Waals surface area contributed by atoms with E-state index in [1.807, 2.05) is 29.2 Å². The first-order valence-corrected chi connectivity index (χ1v) is 8.26. The molecule has 1 saturated heterocycles. The molecule has 0 atom stereocenters. The van der Waals surface area contributed by atoms with E-state index in [1.165, 1.54) is 0 Å². The van der Waals surface area contributed by atoms with Crippen molar-refractivity contribution in [2.45, 2.75) is 18.8 Å². The summed E-state index contributed by atoms with van der Waals surface area (Å²) in [7, 11) is 0. The molecule has 0 spiro atoms. The van der Waals surface area contributed by atoms with Crippen LogP contribution in [0.5, 0.6) is 0 Å². The molecule has 0 aromatic carbocycles. The summed E-state index contributed by atoms with van der Waals surface area (Å²) >= 11 is 0. The third-order valence-corrected chi connectivity index (χ3v) is 4.35. The number of hydrogen-bond donors (Lipinski definition) is 0. The first kappa shape index (κ1) is 15.4. The second kappa shape index (κ2) is 6.80. The number of amides is 1. The average molecular weight is 335 g/mol. The maximum Gasteiger partial charge on any atom is 0.272 e. The van der Waals surface area contributed by atoms with Crippen molar-refractivity contribution in [3.05, 3.63) is 60.4 Å². The van der Waals surface area contributed by atoms with Gasteiger partial charge >= 0.3 is 0 Å². The Kier molecular flexibility index (Phi) is 4.20. The predicted octanol–water partition coefficient (Wildman–Crippen LogP) is 2.55. The van der Waals surface area contributed by atoms with E-state index < -0.39 is 0 Å². The fourth-order valence-corrected chi connectivity index (χ4v) is 2.98. The largest absolute Gasteiger partial charge is 0.339 e. The van der Waals surface area contributed by atoms with Crippen LogP contribution in [0.1, 0.15) is 35.1 Å². The highest BCUT2D eigenvalue weighted by Gasteiger charge is 2.28. The summed E-state index contributed by atoms with van der Waals surface area (Å²) in [5.41, 5.74) is 1.18. The van der Waals surface area contributed by atoms with Crippen molar-refractivity contribution in [3.63, 3.8) is 0 Å². The molecular weight excluding hydrogens is 318 g/mol. The molecule has 1 aliphatic heterocycles. The molecule has 0 N–H and O–H groups in total. The van der Waals surface area contributed by atoms with Gasteiger partial charge < -0.3 is 9.42 Å². The van der Waals surface area contributed by atoms with Crippen LogP contribution in [0.4, 0.5) is 0 Å². The number of carbonyl (C=O) groups is 1. The Hall–Kier alpha value is -3.09. The van der Waals surface area contributed by atoms with Gasteiger partial charge in [-0.05, 0) is 37.1 Å². The lowest BCUT2D eigenvalue weighted by atomic mass is 9.96. The highest BCUT2D eigenvalue weighted by molar-refractivity contribution is 5.92. The Bertz CT molecular complexity index is 842. The van der Waals surface area contributed by atoms with Crippen LogP contribution in [-0.2, 0) is 0 Å². The lowest BCUT2D eigenvalue weighted by Crippen LogP contribution is -2.38. The molecule has 4 heterocycles. The van der Waals surface area contributed by atoms with Gasteiger partial charge in [0, 0.05) is 31.4 Å². The normalized spacial score (nSPS) is 15.3. The Balaban J connectivity index is 1.41. The van der Waals surface area contributed by atoms with Crippen LogP contribution in [-0.4, -0.2) is 44.0 Å². The molecule has 7 nitrogen and oxygen atoms in total. The lowest BCUT2D eigenvalue weighted by molar-refractivity contribution is 0.0698. The van der Waals surface area contributed by atoms with Gasteiger partial charge in [0.15, 0.2) is 0 Å².